The van der Waals surface area contributed by atoms with E-state index in [9.17, 15) is 22.6 Å². The molecule has 0 aromatic heterocycles. The fourth-order valence-electron chi connectivity index (χ4n) is 3.15. The molecule has 11 heteroatoms. The minimum absolute atomic E-state index is 0.159. The molecule has 2 aromatic carbocycles. The van der Waals surface area contributed by atoms with Gasteiger partial charge in [0, 0.05) is 32.2 Å². The van der Waals surface area contributed by atoms with Crippen LogP contribution in [-0.2, 0) is 11.3 Å². The summed E-state index contributed by atoms with van der Waals surface area (Å²) in [6.45, 7) is 0.717. The van der Waals surface area contributed by atoms with E-state index in [0.29, 0.717) is 5.69 Å². The van der Waals surface area contributed by atoms with E-state index in [2.05, 4.69) is 4.72 Å². The lowest BCUT2D eigenvalue weighted by Gasteiger charge is -2.35. The summed E-state index contributed by atoms with van der Waals surface area (Å²) >= 11 is -2.26. The Morgan fingerprint density at radius 1 is 1.03 bits per heavy atom. The van der Waals surface area contributed by atoms with E-state index < -0.39 is 28.8 Å². The van der Waals surface area contributed by atoms with Crippen LogP contribution in [0.15, 0.2) is 36.4 Å². The summed E-state index contributed by atoms with van der Waals surface area (Å²) in [7, 11) is 1.37. The maximum absolute atomic E-state index is 13.9. The Kier molecular flexibility index (Phi) is 6.63. The quantitative estimate of drug-likeness (QED) is 0.696. The van der Waals surface area contributed by atoms with Crippen molar-refractivity contribution in [1.29, 1.82) is 0 Å². The first-order chi connectivity index (χ1) is 14.3. The number of benzene rings is 2. The van der Waals surface area contributed by atoms with Crippen molar-refractivity contribution in [2.45, 2.75) is 0 Å². The van der Waals surface area contributed by atoms with E-state index in [0.717, 1.165) is 6.07 Å². The molecular formula is C19H19F2N3O5S. The third kappa shape index (κ3) is 4.57. The van der Waals surface area contributed by atoms with E-state index in [-0.39, 0.29) is 49.0 Å². The number of nitrogens with one attached hydrogen (secondary N) is 1. The number of hydrogen-bond acceptors (Lipinski definition) is 4. The third-order valence-corrected chi connectivity index (χ3v) is 5.08. The smallest absolute Gasteiger partial charge is 0.259 e. The van der Waals surface area contributed by atoms with Gasteiger partial charge in [0.05, 0.1) is 23.9 Å². The number of piperazine rings is 1. The number of anilines is 1. The van der Waals surface area contributed by atoms with Gasteiger partial charge in [-0.15, -0.1) is 0 Å². The van der Waals surface area contributed by atoms with Gasteiger partial charge in [-0.3, -0.25) is 18.9 Å². The molecule has 160 valence electrons. The summed E-state index contributed by atoms with van der Waals surface area (Å²) in [6.07, 6.45) is 0. The lowest BCUT2D eigenvalue weighted by atomic mass is 10.1. The molecule has 0 radical (unpaired) electrons. The van der Waals surface area contributed by atoms with Gasteiger partial charge >= 0.3 is 0 Å². The van der Waals surface area contributed by atoms with Crippen LogP contribution >= 0.6 is 0 Å². The molecule has 2 aromatic rings. The van der Waals surface area contributed by atoms with Crippen LogP contribution in [0.2, 0.25) is 0 Å². The first-order valence-electron chi connectivity index (χ1n) is 8.90. The fraction of sp³-hybridized carbons (Fsp3) is 0.263. The first kappa shape index (κ1) is 21.7. The molecule has 0 spiro atoms. The van der Waals surface area contributed by atoms with Crippen LogP contribution in [0.25, 0.3) is 0 Å². The molecule has 30 heavy (non-hydrogen) atoms. The summed E-state index contributed by atoms with van der Waals surface area (Å²) in [5.74, 6) is -3.04. The minimum Gasteiger partial charge on any atom is -0.496 e. The van der Waals surface area contributed by atoms with Crippen LogP contribution in [0, 0.1) is 11.6 Å². The second-order valence-corrected chi connectivity index (χ2v) is 7.15. The molecule has 1 heterocycles. The Morgan fingerprint density at radius 2 is 1.63 bits per heavy atom. The molecule has 0 saturated carbocycles. The number of hydrogen-bond donors (Lipinski definition) is 2. The molecule has 1 fully saturated rings. The molecule has 2 amide bonds. The highest BCUT2D eigenvalue weighted by molar-refractivity contribution is 7.80. The third-order valence-electron chi connectivity index (χ3n) is 4.67. The van der Waals surface area contributed by atoms with Crippen LogP contribution in [0.4, 0.5) is 14.5 Å². The van der Waals surface area contributed by atoms with Crippen LogP contribution in [-0.4, -0.2) is 63.7 Å². The largest absolute Gasteiger partial charge is 0.496 e. The Morgan fingerprint density at radius 3 is 2.20 bits per heavy atom. The van der Waals surface area contributed by atoms with Gasteiger partial charge in [-0.05, 0) is 24.3 Å². The second kappa shape index (κ2) is 9.18. The average Bonchev–Trinajstić information content (AvgIpc) is 2.74. The Hall–Kier alpha value is -3.05. The molecule has 0 aliphatic carbocycles. The Labute approximate surface area is 173 Å². The topological polar surface area (TPSA) is 99.2 Å². The standard InChI is InChI=1S/C19H19F2N3O5S/c1-29-16-11-12(22-30(27)28)5-6-13(16)18(25)23-7-9-24(10-8-23)19(26)14-3-2-4-15(20)17(14)21/h2-6,11,22H,7-10H2,1H3,(H,27,28). The zero-order valence-corrected chi connectivity index (χ0v) is 16.7. The summed E-state index contributed by atoms with van der Waals surface area (Å²) in [5, 5.41) is 0. The second-order valence-electron chi connectivity index (χ2n) is 6.45. The first-order valence-corrected chi connectivity index (χ1v) is 10.0. The normalized spacial score (nSPS) is 14.9. The van der Waals surface area contributed by atoms with E-state index in [1.54, 1.807) is 0 Å². The molecular weight excluding hydrogens is 420 g/mol. The van der Waals surface area contributed by atoms with Crippen molar-refractivity contribution in [3.05, 3.63) is 59.2 Å². The van der Waals surface area contributed by atoms with Crippen molar-refractivity contribution in [2.24, 2.45) is 0 Å². The lowest BCUT2D eigenvalue weighted by molar-refractivity contribution is 0.0530. The predicted octanol–water partition coefficient (Wildman–Crippen LogP) is 2.12. The van der Waals surface area contributed by atoms with E-state index in [1.807, 2.05) is 0 Å². The molecule has 8 nitrogen and oxygen atoms in total. The van der Waals surface area contributed by atoms with Gasteiger partial charge in [-0.2, -0.15) is 0 Å². The summed E-state index contributed by atoms with van der Waals surface area (Å²) in [5.41, 5.74) is 0.209. The van der Waals surface area contributed by atoms with Crippen molar-refractivity contribution in [3.63, 3.8) is 0 Å². The maximum atomic E-state index is 13.9. The number of carbonyl (C=O) groups is 2. The van der Waals surface area contributed by atoms with E-state index >= 15 is 0 Å². The minimum atomic E-state index is -2.26. The van der Waals surface area contributed by atoms with E-state index in [1.165, 1.54) is 47.2 Å². The predicted molar refractivity (Wildman–Crippen MR) is 106 cm³/mol. The van der Waals surface area contributed by atoms with Gasteiger partial charge in [0.15, 0.2) is 11.6 Å². The average molecular weight is 439 g/mol. The number of methoxy groups -OCH3 is 1. The zero-order valence-electron chi connectivity index (χ0n) is 15.9. The van der Waals surface area contributed by atoms with Crippen molar-refractivity contribution >= 4 is 28.8 Å². The van der Waals surface area contributed by atoms with Gasteiger partial charge in [0.1, 0.15) is 5.75 Å². The van der Waals surface area contributed by atoms with Crippen molar-refractivity contribution < 1.29 is 31.9 Å². The highest BCUT2D eigenvalue weighted by atomic mass is 32.2. The number of amides is 2. The van der Waals surface area contributed by atoms with E-state index in [4.69, 9.17) is 9.29 Å². The van der Waals surface area contributed by atoms with Crippen molar-refractivity contribution in [3.8, 4) is 5.75 Å². The molecule has 3 rings (SSSR count). The molecule has 1 unspecified atom stereocenters. The zero-order chi connectivity index (χ0) is 21.8. The van der Waals surface area contributed by atoms with Crippen molar-refractivity contribution in [2.75, 3.05) is 38.0 Å². The highest BCUT2D eigenvalue weighted by Crippen LogP contribution is 2.25. The summed E-state index contributed by atoms with van der Waals surface area (Å²) in [6, 6.07) is 7.79. The van der Waals surface area contributed by atoms with Gasteiger partial charge in [0.2, 0.25) is 0 Å². The number of ether oxygens (including phenoxy) is 1. The molecule has 0 bridgehead atoms. The molecule has 1 atom stereocenters. The molecule has 1 saturated heterocycles. The van der Waals surface area contributed by atoms with Gasteiger partial charge in [0.25, 0.3) is 23.1 Å². The summed E-state index contributed by atoms with van der Waals surface area (Å²) < 4.78 is 54.5. The molecule has 1 aliphatic heterocycles. The Balaban J connectivity index is 1.69. The lowest BCUT2D eigenvalue weighted by Crippen LogP contribution is -2.50. The van der Waals surface area contributed by atoms with Crippen LogP contribution in [0.3, 0.4) is 0 Å². The number of halogens is 2. The molecule has 2 N–H and O–H groups in total. The number of nitrogens with zero attached hydrogens (tertiary/aromatic N) is 2. The summed E-state index contributed by atoms with van der Waals surface area (Å²) in [4.78, 5) is 28.2. The maximum Gasteiger partial charge on any atom is 0.259 e. The monoisotopic (exact) mass is 439 g/mol. The van der Waals surface area contributed by atoms with Crippen LogP contribution in [0.1, 0.15) is 20.7 Å². The van der Waals surface area contributed by atoms with Crippen LogP contribution in [0.5, 0.6) is 5.75 Å². The SMILES string of the molecule is COc1cc(NS(=O)O)ccc1C(=O)N1CCN(C(=O)c2cccc(F)c2F)CC1. The highest BCUT2D eigenvalue weighted by Gasteiger charge is 2.28. The van der Waals surface area contributed by atoms with Gasteiger partial charge < -0.3 is 14.5 Å². The van der Waals surface area contributed by atoms with Gasteiger partial charge in [-0.25, -0.2) is 13.0 Å². The number of carbonyl (C=O) groups excluding carboxylic acids is 2. The number of rotatable bonds is 5. The van der Waals surface area contributed by atoms with Crippen LogP contribution < -0.4 is 9.46 Å². The molecule has 1 aliphatic rings. The Bertz CT molecular complexity index is 996. The fourth-order valence-corrected chi connectivity index (χ4v) is 3.48. The van der Waals surface area contributed by atoms with Crippen molar-refractivity contribution in [1.82, 2.24) is 9.80 Å². The van der Waals surface area contributed by atoms with Gasteiger partial charge in [-0.1, -0.05) is 6.07 Å².